The number of benzene rings is 1. The first kappa shape index (κ1) is 16.1. The average molecular weight is 276 g/mol. The van der Waals surface area contributed by atoms with Crippen LogP contribution in [0.5, 0.6) is 0 Å². The largest absolute Gasteiger partial charge is 0.416 e. The molecular formula is C10H11ClF5N. The molecule has 0 aliphatic rings. The highest BCUT2D eigenvalue weighted by molar-refractivity contribution is 5.85. The van der Waals surface area contributed by atoms with E-state index in [0.29, 0.717) is 18.2 Å². The van der Waals surface area contributed by atoms with Gasteiger partial charge in [0.15, 0.2) is 0 Å². The highest BCUT2D eigenvalue weighted by Crippen LogP contribution is 2.35. The third kappa shape index (κ3) is 4.12. The zero-order valence-corrected chi connectivity index (χ0v) is 9.42. The molecule has 0 fully saturated rings. The van der Waals surface area contributed by atoms with Crippen molar-refractivity contribution in [2.45, 2.75) is 18.6 Å². The molecule has 0 aliphatic carbocycles. The molecule has 0 radical (unpaired) electrons. The van der Waals surface area contributed by atoms with Crippen LogP contribution in [0.25, 0.3) is 0 Å². The maximum atomic E-state index is 12.8. The molecule has 2 N–H and O–H groups in total. The van der Waals surface area contributed by atoms with Crippen molar-refractivity contribution in [3.8, 4) is 0 Å². The lowest BCUT2D eigenvalue weighted by Crippen LogP contribution is -2.18. The first-order valence-electron chi connectivity index (χ1n) is 4.54. The van der Waals surface area contributed by atoms with E-state index in [4.69, 9.17) is 5.73 Å². The molecule has 0 aromatic heterocycles. The van der Waals surface area contributed by atoms with Crippen molar-refractivity contribution < 1.29 is 22.0 Å². The van der Waals surface area contributed by atoms with Gasteiger partial charge in [-0.25, -0.2) is 4.39 Å². The molecule has 1 aromatic carbocycles. The van der Waals surface area contributed by atoms with Crippen LogP contribution in [-0.2, 0) is 6.18 Å². The molecule has 0 bridgehead atoms. The molecule has 0 heterocycles. The summed E-state index contributed by atoms with van der Waals surface area (Å²) in [4.78, 5) is 0. The van der Waals surface area contributed by atoms with Crippen LogP contribution in [0.3, 0.4) is 0 Å². The van der Waals surface area contributed by atoms with Crippen LogP contribution < -0.4 is 5.73 Å². The van der Waals surface area contributed by atoms with Gasteiger partial charge >= 0.3 is 6.18 Å². The van der Waals surface area contributed by atoms with Gasteiger partial charge in [-0.15, -0.1) is 12.4 Å². The van der Waals surface area contributed by atoms with Crippen LogP contribution in [0, 0.1) is 5.82 Å². The second kappa shape index (κ2) is 6.16. The molecule has 0 amide bonds. The Bertz CT molecular complexity index is 366. The van der Waals surface area contributed by atoms with E-state index in [1.54, 1.807) is 0 Å². The van der Waals surface area contributed by atoms with E-state index < -0.39 is 35.8 Å². The van der Waals surface area contributed by atoms with E-state index in [1.807, 2.05) is 0 Å². The SMILES string of the molecule is Cl.N[C@H](CCF)c1cc(F)ccc1C(F)(F)F. The maximum absolute atomic E-state index is 12.8. The Morgan fingerprint density at radius 3 is 2.29 bits per heavy atom. The minimum Gasteiger partial charge on any atom is -0.324 e. The number of rotatable bonds is 3. The summed E-state index contributed by atoms with van der Waals surface area (Å²) < 4.78 is 62.3. The van der Waals surface area contributed by atoms with E-state index in [-0.39, 0.29) is 18.8 Å². The van der Waals surface area contributed by atoms with Crippen LogP contribution in [0.15, 0.2) is 18.2 Å². The maximum Gasteiger partial charge on any atom is 0.416 e. The van der Waals surface area contributed by atoms with E-state index in [2.05, 4.69) is 0 Å². The molecule has 1 atom stereocenters. The fourth-order valence-corrected chi connectivity index (χ4v) is 1.37. The summed E-state index contributed by atoms with van der Waals surface area (Å²) in [7, 11) is 0. The highest BCUT2D eigenvalue weighted by Gasteiger charge is 2.34. The van der Waals surface area contributed by atoms with Gasteiger partial charge in [0.05, 0.1) is 12.2 Å². The number of halogens is 6. The lowest BCUT2D eigenvalue weighted by Gasteiger charge is -2.17. The molecule has 7 heteroatoms. The zero-order valence-electron chi connectivity index (χ0n) is 8.60. The van der Waals surface area contributed by atoms with E-state index in [9.17, 15) is 22.0 Å². The van der Waals surface area contributed by atoms with Gasteiger partial charge in [-0.2, -0.15) is 13.2 Å². The summed E-state index contributed by atoms with van der Waals surface area (Å²) >= 11 is 0. The predicted octanol–water partition coefficient (Wildman–Crippen LogP) is 3.63. The molecule has 98 valence electrons. The summed E-state index contributed by atoms with van der Waals surface area (Å²) in [6, 6.07) is 0.859. The third-order valence-corrected chi connectivity index (χ3v) is 2.14. The first-order valence-corrected chi connectivity index (χ1v) is 4.54. The van der Waals surface area contributed by atoms with Crippen molar-refractivity contribution in [1.29, 1.82) is 0 Å². The van der Waals surface area contributed by atoms with Gasteiger partial charge in [-0.05, 0) is 30.2 Å². The topological polar surface area (TPSA) is 26.0 Å². The van der Waals surface area contributed by atoms with Crippen molar-refractivity contribution in [3.05, 3.63) is 35.1 Å². The standard InChI is InChI=1S/C10H10F5N.ClH/c11-4-3-9(16)7-5-6(12)1-2-8(7)10(13,14)15;/h1-2,5,9H,3-4,16H2;1H/t9-;/m1./s1. The second-order valence-electron chi connectivity index (χ2n) is 3.31. The van der Waals surface area contributed by atoms with Gasteiger partial charge in [0.1, 0.15) is 5.82 Å². The molecular weight excluding hydrogens is 265 g/mol. The van der Waals surface area contributed by atoms with Crippen molar-refractivity contribution in [2.24, 2.45) is 5.73 Å². The Balaban J connectivity index is 0.00000256. The highest BCUT2D eigenvalue weighted by atomic mass is 35.5. The van der Waals surface area contributed by atoms with Crippen molar-refractivity contribution in [3.63, 3.8) is 0 Å². The van der Waals surface area contributed by atoms with Gasteiger partial charge in [0.25, 0.3) is 0 Å². The molecule has 1 nitrogen and oxygen atoms in total. The van der Waals surface area contributed by atoms with Crippen molar-refractivity contribution in [2.75, 3.05) is 6.67 Å². The minimum absolute atomic E-state index is 0. The number of alkyl halides is 4. The fourth-order valence-electron chi connectivity index (χ4n) is 1.37. The summed E-state index contributed by atoms with van der Waals surface area (Å²) in [6.07, 6.45) is -4.89. The van der Waals surface area contributed by atoms with Crippen LogP contribution >= 0.6 is 12.4 Å². The summed E-state index contributed by atoms with van der Waals surface area (Å²) in [5.74, 6) is -0.822. The van der Waals surface area contributed by atoms with Crippen LogP contribution in [0.1, 0.15) is 23.6 Å². The minimum atomic E-state index is -4.61. The Labute approximate surface area is 101 Å². The molecule has 0 aliphatic heterocycles. The Morgan fingerprint density at radius 1 is 1.24 bits per heavy atom. The van der Waals surface area contributed by atoms with Crippen LogP contribution in [0.2, 0.25) is 0 Å². The summed E-state index contributed by atoms with van der Waals surface area (Å²) in [5.41, 5.74) is 3.93. The summed E-state index contributed by atoms with van der Waals surface area (Å²) in [6.45, 7) is -0.852. The predicted molar refractivity (Wildman–Crippen MR) is 56.2 cm³/mol. The monoisotopic (exact) mass is 275 g/mol. The Morgan fingerprint density at radius 2 is 1.82 bits per heavy atom. The number of nitrogens with two attached hydrogens (primary N) is 1. The number of hydrogen-bond acceptors (Lipinski definition) is 1. The third-order valence-electron chi connectivity index (χ3n) is 2.14. The molecule has 17 heavy (non-hydrogen) atoms. The van der Waals surface area contributed by atoms with Gasteiger partial charge in [0, 0.05) is 6.04 Å². The second-order valence-corrected chi connectivity index (χ2v) is 3.31. The molecule has 1 rings (SSSR count). The first-order chi connectivity index (χ1) is 7.36. The fraction of sp³-hybridized carbons (Fsp3) is 0.400. The van der Waals surface area contributed by atoms with E-state index >= 15 is 0 Å². The quantitative estimate of drug-likeness (QED) is 0.838. The van der Waals surface area contributed by atoms with E-state index in [1.165, 1.54) is 0 Å². The molecule has 0 saturated heterocycles. The van der Waals surface area contributed by atoms with Gasteiger partial charge in [-0.1, -0.05) is 0 Å². The lowest BCUT2D eigenvalue weighted by atomic mass is 9.98. The number of hydrogen-bond donors (Lipinski definition) is 1. The smallest absolute Gasteiger partial charge is 0.324 e. The van der Waals surface area contributed by atoms with E-state index in [0.717, 1.165) is 0 Å². The van der Waals surface area contributed by atoms with Crippen LogP contribution in [-0.4, -0.2) is 6.67 Å². The van der Waals surface area contributed by atoms with Crippen LogP contribution in [0.4, 0.5) is 22.0 Å². The molecule has 0 unspecified atom stereocenters. The molecule has 0 spiro atoms. The normalized spacial score (nSPS) is 13.1. The Kier molecular flexibility index (Phi) is 5.84. The van der Waals surface area contributed by atoms with Gasteiger partial charge in [-0.3, -0.25) is 4.39 Å². The van der Waals surface area contributed by atoms with Gasteiger partial charge < -0.3 is 5.73 Å². The van der Waals surface area contributed by atoms with Crippen molar-refractivity contribution >= 4 is 12.4 Å². The zero-order chi connectivity index (χ0) is 12.3. The summed E-state index contributed by atoms with van der Waals surface area (Å²) in [5, 5.41) is 0. The van der Waals surface area contributed by atoms with Crippen molar-refractivity contribution in [1.82, 2.24) is 0 Å². The van der Waals surface area contributed by atoms with Gasteiger partial charge in [0.2, 0.25) is 0 Å². The lowest BCUT2D eigenvalue weighted by molar-refractivity contribution is -0.138. The molecule has 1 aromatic rings. The molecule has 0 saturated carbocycles. The average Bonchev–Trinajstić information content (AvgIpc) is 2.16. The Hall–Kier alpha value is -0.880.